The molecule has 0 atom stereocenters. The summed E-state index contributed by atoms with van der Waals surface area (Å²) in [5.74, 6) is 0. The second-order valence-electron chi connectivity index (χ2n) is 2.81. The van der Waals surface area contributed by atoms with Gasteiger partial charge in [-0.3, -0.25) is 14.4 Å². The molecule has 0 saturated heterocycles. The van der Waals surface area contributed by atoms with E-state index in [9.17, 15) is 18.5 Å². The highest BCUT2D eigenvalue weighted by atomic mass is 32.2. The van der Waals surface area contributed by atoms with E-state index in [4.69, 9.17) is 0 Å². The summed E-state index contributed by atoms with van der Waals surface area (Å²) in [6.07, 6.45) is 0. The summed E-state index contributed by atoms with van der Waals surface area (Å²) in [5.41, 5.74) is -0.282. The molecule has 0 N–H and O–H groups in total. The van der Waals surface area contributed by atoms with Gasteiger partial charge in [-0.2, -0.15) is 8.42 Å². The van der Waals surface area contributed by atoms with Gasteiger partial charge in [0, 0.05) is 7.05 Å². The van der Waals surface area contributed by atoms with Crippen LogP contribution in [0.4, 0.5) is 0 Å². The van der Waals surface area contributed by atoms with Gasteiger partial charge >= 0.3 is 15.9 Å². The van der Waals surface area contributed by atoms with E-state index in [1.807, 2.05) is 0 Å². The molecular formula is C6H9N3O4S. The Morgan fingerprint density at radius 3 is 2.36 bits per heavy atom. The Labute approximate surface area is 81.1 Å². The third kappa shape index (κ3) is 1.48. The number of allylic oxidation sites excluding steroid dienone is 2. The first kappa shape index (κ1) is 10.6. The van der Waals surface area contributed by atoms with E-state index in [1.165, 1.54) is 20.9 Å². The van der Waals surface area contributed by atoms with Crippen LogP contribution in [0.3, 0.4) is 0 Å². The molecule has 0 fully saturated rings. The minimum Gasteiger partial charge on any atom is -0.258 e. The van der Waals surface area contributed by atoms with Gasteiger partial charge in [0.25, 0.3) is 0 Å². The summed E-state index contributed by atoms with van der Waals surface area (Å²) < 4.78 is 26.6. The fourth-order valence-electron chi connectivity index (χ4n) is 1.13. The molecule has 7 nitrogen and oxygen atoms in total. The molecule has 1 heterocycles. The molecule has 0 saturated carbocycles. The van der Waals surface area contributed by atoms with Crippen LogP contribution in [0.15, 0.2) is 15.8 Å². The minimum atomic E-state index is -3.77. The molecule has 8 heteroatoms. The lowest BCUT2D eigenvalue weighted by Gasteiger charge is -2.20. The average Bonchev–Trinajstić information content (AvgIpc) is 1.98. The van der Waals surface area contributed by atoms with E-state index in [2.05, 4.69) is 4.40 Å². The Hall–Kier alpha value is -1.44. The number of hydrogen-bond donors (Lipinski definition) is 0. The average molecular weight is 219 g/mol. The smallest absolute Gasteiger partial charge is 0.258 e. The van der Waals surface area contributed by atoms with Gasteiger partial charge in [0.05, 0.1) is 4.92 Å². The van der Waals surface area contributed by atoms with Crippen molar-refractivity contribution in [2.24, 2.45) is 4.40 Å². The molecule has 1 rings (SSSR count). The molecule has 0 spiro atoms. The highest BCUT2D eigenvalue weighted by Gasteiger charge is 2.33. The Balaban J connectivity index is 3.43. The zero-order valence-electron chi connectivity index (χ0n) is 7.88. The Morgan fingerprint density at radius 1 is 1.43 bits per heavy atom. The Bertz CT molecular complexity index is 448. The van der Waals surface area contributed by atoms with Gasteiger partial charge in [0.1, 0.15) is 11.4 Å². The van der Waals surface area contributed by atoms with Crippen molar-refractivity contribution in [3.63, 3.8) is 0 Å². The molecule has 0 aromatic heterocycles. The maximum atomic E-state index is 11.3. The second kappa shape index (κ2) is 3.05. The van der Waals surface area contributed by atoms with Crippen molar-refractivity contribution < 1.29 is 13.3 Å². The maximum absolute atomic E-state index is 11.3. The number of nitrogens with zero attached hydrogens (tertiary/aromatic N) is 3. The Morgan fingerprint density at radius 2 is 1.93 bits per heavy atom. The van der Waals surface area contributed by atoms with Gasteiger partial charge in [0.15, 0.2) is 0 Å². The molecular weight excluding hydrogens is 210 g/mol. The standard InChI is InChI=1S/C6H9N3O4S/c1-4-6(9(10)11)5(2)8(3)14(12,13)7-4/h1-3H3. The van der Waals surface area contributed by atoms with Crippen LogP contribution in [-0.4, -0.2) is 30.4 Å². The molecule has 0 amide bonds. The first-order chi connectivity index (χ1) is 6.27. The van der Waals surface area contributed by atoms with Crippen molar-refractivity contribution in [3.8, 4) is 0 Å². The zero-order chi connectivity index (χ0) is 11.1. The van der Waals surface area contributed by atoms with E-state index in [-0.39, 0.29) is 17.1 Å². The molecule has 0 unspecified atom stereocenters. The summed E-state index contributed by atoms with van der Waals surface area (Å²) in [5, 5.41) is 10.6. The molecule has 78 valence electrons. The lowest BCUT2D eigenvalue weighted by atomic mass is 10.2. The quantitative estimate of drug-likeness (QED) is 0.463. The van der Waals surface area contributed by atoms with Crippen LogP contribution in [0, 0.1) is 10.1 Å². The van der Waals surface area contributed by atoms with Crippen LogP contribution in [-0.2, 0) is 10.2 Å². The maximum Gasteiger partial charge on any atom is 0.344 e. The topological polar surface area (TPSA) is 92.9 Å². The summed E-state index contributed by atoms with van der Waals surface area (Å²) in [6.45, 7) is 2.67. The van der Waals surface area contributed by atoms with Crippen LogP contribution in [0.2, 0.25) is 0 Å². The van der Waals surface area contributed by atoms with Gasteiger partial charge < -0.3 is 0 Å². The van der Waals surface area contributed by atoms with Crippen LogP contribution in [0.5, 0.6) is 0 Å². The fourth-order valence-corrected chi connectivity index (χ4v) is 2.11. The first-order valence-electron chi connectivity index (χ1n) is 3.68. The van der Waals surface area contributed by atoms with Crippen LogP contribution >= 0.6 is 0 Å². The highest BCUT2D eigenvalue weighted by Crippen LogP contribution is 2.21. The largest absolute Gasteiger partial charge is 0.344 e. The zero-order valence-corrected chi connectivity index (χ0v) is 8.70. The highest BCUT2D eigenvalue weighted by molar-refractivity contribution is 7.88. The van der Waals surface area contributed by atoms with Gasteiger partial charge in [-0.25, -0.2) is 0 Å². The van der Waals surface area contributed by atoms with Crippen molar-refractivity contribution in [2.75, 3.05) is 7.05 Å². The van der Waals surface area contributed by atoms with E-state index < -0.39 is 15.1 Å². The van der Waals surface area contributed by atoms with E-state index >= 15 is 0 Å². The number of nitro groups is 1. The summed E-state index contributed by atoms with van der Waals surface area (Å²) >= 11 is 0. The number of rotatable bonds is 1. The van der Waals surface area contributed by atoms with Crippen LogP contribution < -0.4 is 0 Å². The molecule has 1 aliphatic heterocycles. The number of hydrogen-bond acceptors (Lipinski definition) is 4. The monoisotopic (exact) mass is 219 g/mol. The van der Waals surface area contributed by atoms with Crippen molar-refractivity contribution >= 4 is 15.9 Å². The normalized spacial score (nSPS) is 20.8. The lowest BCUT2D eigenvalue weighted by molar-refractivity contribution is -0.417. The molecule has 1 aliphatic rings. The van der Waals surface area contributed by atoms with Gasteiger partial charge in [-0.05, 0) is 13.8 Å². The van der Waals surface area contributed by atoms with Crippen molar-refractivity contribution in [1.82, 2.24) is 4.31 Å². The third-order valence-electron chi connectivity index (χ3n) is 1.94. The van der Waals surface area contributed by atoms with Gasteiger partial charge in [0.2, 0.25) is 0 Å². The SMILES string of the molecule is CC1=NS(=O)(=O)N(C)C(C)=C1[N+](=O)[O-]. The summed E-state index contributed by atoms with van der Waals surface area (Å²) in [7, 11) is -2.54. The van der Waals surface area contributed by atoms with E-state index in [0.29, 0.717) is 0 Å². The van der Waals surface area contributed by atoms with Crippen molar-refractivity contribution in [1.29, 1.82) is 0 Å². The van der Waals surface area contributed by atoms with Crippen LogP contribution in [0.1, 0.15) is 13.8 Å². The molecule has 0 aromatic rings. The second-order valence-corrected chi connectivity index (χ2v) is 4.44. The van der Waals surface area contributed by atoms with E-state index in [1.54, 1.807) is 0 Å². The molecule has 0 bridgehead atoms. The molecule has 0 aromatic carbocycles. The van der Waals surface area contributed by atoms with Gasteiger partial charge in [-0.15, -0.1) is 4.40 Å². The van der Waals surface area contributed by atoms with Crippen molar-refractivity contribution in [3.05, 3.63) is 21.5 Å². The first-order valence-corrected chi connectivity index (χ1v) is 5.08. The lowest BCUT2D eigenvalue weighted by Crippen LogP contribution is -2.32. The third-order valence-corrected chi connectivity index (χ3v) is 3.41. The van der Waals surface area contributed by atoms with Gasteiger partial charge in [-0.1, -0.05) is 0 Å². The molecule has 0 radical (unpaired) electrons. The summed E-state index contributed by atoms with van der Waals surface area (Å²) in [4.78, 5) is 9.94. The molecule has 0 aliphatic carbocycles. The fraction of sp³-hybridized carbons (Fsp3) is 0.500. The van der Waals surface area contributed by atoms with Crippen molar-refractivity contribution in [2.45, 2.75) is 13.8 Å². The predicted octanol–water partition coefficient (Wildman–Crippen LogP) is 0.146. The Kier molecular flexibility index (Phi) is 2.32. The van der Waals surface area contributed by atoms with Crippen LogP contribution in [0.25, 0.3) is 0 Å². The van der Waals surface area contributed by atoms with E-state index in [0.717, 1.165) is 4.31 Å². The predicted molar refractivity (Wildman–Crippen MR) is 49.5 cm³/mol. The molecule has 14 heavy (non-hydrogen) atoms. The summed E-state index contributed by atoms with van der Waals surface area (Å²) in [6, 6.07) is 0. The minimum absolute atomic E-state index is 0.0718.